The lowest BCUT2D eigenvalue weighted by molar-refractivity contribution is -0.114. The third-order valence-corrected chi connectivity index (χ3v) is 6.67. The first-order valence-electron chi connectivity index (χ1n) is 10.2. The summed E-state index contributed by atoms with van der Waals surface area (Å²) in [4.78, 5) is 14.5. The number of para-hydroxylation sites is 3. The van der Waals surface area contributed by atoms with E-state index in [4.69, 9.17) is 9.47 Å². The molecule has 0 aliphatic carbocycles. The molecule has 0 spiro atoms. The third kappa shape index (κ3) is 5.82. The summed E-state index contributed by atoms with van der Waals surface area (Å²) in [7, 11) is 2.30. The molecule has 0 bridgehead atoms. The fourth-order valence-corrected chi connectivity index (χ4v) is 4.20. The maximum absolute atomic E-state index is 12.7. The molecular formula is C24H27N3O5S. The maximum atomic E-state index is 12.7. The highest BCUT2D eigenvalue weighted by Crippen LogP contribution is 2.32. The maximum Gasteiger partial charge on any atom is 0.246 e. The number of nitrogens with one attached hydrogen (secondary N) is 1. The minimum Gasteiger partial charge on any atom is -0.495 e. The smallest absolute Gasteiger partial charge is 0.246 e. The van der Waals surface area contributed by atoms with E-state index in [0.717, 1.165) is 9.99 Å². The molecule has 174 valence electrons. The van der Waals surface area contributed by atoms with E-state index >= 15 is 0 Å². The number of sulfonamides is 1. The Hall–Kier alpha value is -3.56. The fourth-order valence-electron chi connectivity index (χ4n) is 3.13. The topological polar surface area (TPSA) is 88.2 Å². The minimum atomic E-state index is -3.75. The van der Waals surface area contributed by atoms with Gasteiger partial charge in [-0.1, -0.05) is 30.3 Å². The largest absolute Gasteiger partial charge is 0.495 e. The number of ether oxygens (including phenoxy) is 2. The second-order valence-electron chi connectivity index (χ2n) is 7.44. The van der Waals surface area contributed by atoms with Crippen molar-refractivity contribution in [2.75, 3.05) is 45.0 Å². The monoisotopic (exact) mass is 469 g/mol. The SMILES string of the molecule is COc1ccc(NC(=O)CN(C)c2ccccc2Oc2ccccc2)cc1S(=O)(=O)N(C)C. The number of nitrogens with zero attached hydrogens (tertiary/aromatic N) is 2. The van der Waals surface area contributed by atoms with E-state index in [1.165, 1.54) is 33.3 Å². The summed E-state index contributed by atoms with van der Waals surface area (Å²) in [5, 5.41) is 2.75. The number of carbonyl (C=O) groups is 1. The number of likely N-dealkylation sites (N-methyl/N-ethyl adjacent to an activating group) is 1. The van der Waals surface area contributed by atoms with Gasteiger partial charge in [0.05, 0.1) is 19.3 Å². The van der Waals surface area contributed by atoms with E-state index in [-0.39, 0.29) is 23.1 Å². The van der Waals surface area contributed by atoms with Crippen molar-refractivity contribution in [3.05, 3.63) is 72.8 Å². The Kier molecular flexibility index (Phi) is 7.57. The van der Waals surface area contributed by atoms with Gasteiger partial charge in [-0.3, -0.25) is 4.79 Å². The Morgan fingerprint density at radius 2 is 1.58 bits per heavy atom. The first-order chi connectivity index (χ1) is 15.7. The zero-order chi connectivity index (χ0) is 24.0. The second-order valence-corrected chi connectivity index (χ2v) is 9.56. The van der Waals surface area contributed by atoms with Gasteiger partial charge in [-0.25, -0.2) is 12.7 Å². The molecule has 0 aromatic heterocycles. The first kappa shape index (κ1) is 24.1. The van der Waals surface area contributed by atoms with Crippen molar-refractivity contribution in [1.29, 1.82) is 0 Å². The predicted molar refractivity (Wildman–Crippen MR) is 129 cm³/mol. The number of benzene rings is 3. The average molecular weight is 470 g/mol. The average Bonchev–Trinajstić information content (AvgIpc) is 2.79. The van der Waals surface area contributed by atoms with Crippen LogP contribution in [0.4, 0.5) is 11.4 Å². The van der Waals surface area contributed by atoms with Crippen LogP contribution in [0.15, 0.2) is 77.7 Å². The molecule has 0 radical (unpaired) electrons. The summed E-state index contributed by atoms with van der Waals surface area (Å²) < 4.78 is 37.5. The van der Waals surface area contributed by atoms with Crippen LogP contribution in [0, 0.1) is 0 Å². The lowest BCUT2D eigenvalue weighted by Crippen LogP contribution is -2.30. The molecule has 9 heteroatoms. The molecule has 1 N–H and O–H groups in total. The van der Waals surface area contributed by atoms with Gasteiger partial charge in [0.25, 0.3) is 0 Å². The molecule has 0 saturated carbocycles. The summed E-state index contributed by atoms with van der Waals surface area (Å²) >= 11 is 0. The van der Waals surface area contributed by atoms with Crippen LogP contribution in [0.5, 0.6) is 17.2 Å². The summed E-state index contributed by atoms with van der Waals surface area (Å²) in [6, 6.07) is 21.3. The van der Waals surface area contributed by atoms with Gasteiger partial charge in [0.1, 0.15) is 16.4 Å². The number of carbonyl (C=O) groups excluding carboxylic acids is 1. The van der Waals surface area contributed by atoms with E-state index in [1.54, 1.807) is 18.0 Å². The van der Waals surface area contributed by atoms with Crippen molar-refractivity contribution in [2.24, 2.45) is 0 Å². The predicted octanol–water partition coefficient (Wildman–Crippen LogP) is 3.81. The Morgan fingerprint density at radius 1 is 0.909 bits per heavy atom. The quantitative estimate of drug-likeness (QED) is 0.513. The lowest BCUT2D eigenvalue weighted by Gasteiger charge is -2.22. The van der Waals surface area contributed by atoms with Crippen LogP contribution in [0.1, 0.15) is 0 Å². The third-order valence-electron chi connectivity index (χ3n) is 4.83. The highest BCUT2D eigenvalue weighted by molar-refractivity contribution is 7.89. The Balaban J connectivity index is 1.76. The molecule has 3 aromatic rings. The number of hydrogen-bond donors (Lipinski definition) is 1. The Labute approximate surface area is 194 Å². The second kappa shape index (κ2) is 10.4. The van der Waals surface area contributed by atoms with Crippen molar-refractivity contribution < 1.29 is 22.7 Å². The summed E-state index contributed by atoms with van der Waals surface area (Å²) in [6.07, 6.45) is 0. The summed E-state index contributed by atoms with van der Waals surface area (Å²) in [5.41, 5.74) is 1.09. The van der Waals surface area contributed by atoms with Crippen molar-refractivity contribution in [3.63, 3.8) is 0 Å². The molecule has 0 fully saturated rings. The molecule has 33 heavy (non-hydrogen) atoms. The van der Waals surface area contributed by atoms with Crippen LogP contribution in [-0.4, -0.2) is 53.4 Å². The van der Waals surface area contributed by atoms with Gasteiger partial charge in [0.2, 0.25) is 15.9 Å². The van der Waals surface area contributed by atoms with Crippen molar-refractivity contribution >= 4 is 27.3 Å². The number of amides is 1. The van der Waals surface area contributed by atoms with E-state index < -0.39 is 10.0 Å². The Bertz CT molecular complexity index is 1210. The fraction of sp³-hybridized carbons (Fsp3) is 0.208. The van der Waals surface area contributed by atoms with Crippen LogP contribution in [0.3, 0.4) is 0 Å². The van der Waals surface area contributed by atoms with Gasteiger partial charge >= 0.3 is 0 Å². The van der Waals surface area contributed by atoms with E-state index in [9.17, 15) is 13.2 Å². The van der Waals surface area contributed by atoms with Gasteiger partial charge in [0.15, 0.2) is 5.75 Å². The van der Waals surface area contributed by atoms with E-state index in [1.807, 2.05) is 54.6 Å². The highest BCUT2D eigenvalue weighted by atomic mass is 32.2. The Morgan fingerprint density at radius 3 is 2.24 bits per heavy atom. The molecule has 3 aromatic carbocycles. The zero-order valence-electron chi connectivity index (χ0n) is 19.0. The normalized spacial score (nSPS) is 11.2. The molecule has 8 nitrogen and oxygen atoms in total. The minimum absolute atomic E-state index is 0.0248. The molecular weight excluding hydrogens is 442 g/mol. The lowest BCUT2D eigenvalue weighted by atomic mass is 10.2. The van der Waals surface area contributed by atoms with Crippen molar-refractivity contribution in [2.45, 2.75) is 4.90 Å². The van der Waals surface area contributed by atoms with Gasteiger partial charge < -0.3 is 19.7 Å². The molecule has 0 saturated heterocycles. The molecule has 1 amide bonds. The zero-order valence-corrected chi connectivity index (χ0v) is 19.8. The standard InChI is InChI=1S/C24H27N3O5S/c1-26(2)33(29,30)23-16-18(14-15-22(23)31-4)25-24(28)17-27(3)20-12-8-9-13-21(20)32-19-10-6-5-7-11-19/h5-16H,17H2,1-4H3,(H,25,28). The first-order valence-corrected chi connectivity index (χ1v) is 11.6. The molecule has 0 atom stereocenters. The van der Waals surface area contributed by atoms with E-state index in [2.05, 4.69) is 5.32 Å². The molecule has 0 unspecified atom stereocenters. The molecule has 0 aliphatic heterocycles. The van der Waals surface area contributed by atoms with Crippen molar-refractivity contribution in [3.8, 4) is 17.2 Å². The highest BCUT2D eigenvalue weighted by Gasteiger charge is 2.23. The van der Waals surface area contributed by atoms with Gasteiger partial charge in [-0.15, -0.1) is 0 Å². The van der Waals surface area contributed by atoms with Gasteiger partial charge in [0, 0.05) is 26.8 Å². The van der Waals surface area contributed by atoms with Crippen LogP contribution < -0.4 is 19.7 Å². The number of methoxy groups -OCH3 is 1. The number of anilines is 2. The van der Waals surface area contributed by atoms with Crippen LogP contribution in [0.2, 0.25) is 0 Å². The van der Waals surface area contributed by atoms with E-state index in [0.29, 0.717) is 17.2 Å². The molecule has 3 rings (SSSR count). The van der Waals surface area contributed by atoms with Crippen molar-refractivity contribution in [1.82, 2.24) is 4.31 Å². The molecule has 0 heterocycles. The van der Waals surface area contributed by atoms with Gasteiger partial charge in [-0.2, -0.15) is 0 Å². The number of rotatable bonds is 9. The summed E-state index contributed by atoms with van der Waals surface area (Å²) in [5.74, 6) is 1.19. The van der Waals surface area contributed by atoms with Crippen LogP contribution >= 0.6 is 0 Å². The van der Waals surface area contributed by atoms with Gasteiger partial charge in [-0.05, 0) is 42.5 Å². The number of hydrogen-bond acceptors (Lipinski definition) is 6. The molecule has 0 aliphatic rings. The summed E-state index contributed by atoms with van der Waals surface area (Å²) in [6.45, 7) is 0.0248. The van der Waals surface area contributed by atoms with Crippen LogP contribution in [0.25, 0.3) is 0 Å². The van der Waals surface area contributed by atoms with Crippen LogP contribution in [-0.2, 0) is 14.8 Å².